The summed E-state index contributed by atoms with van der Waals surface area (Å²) >= 11 is 0.957. The smallest absolute Gasteiger partial charge is 0.191 e. The fourth-order valence-corrected chi connectivity index (χ4v) is 3.93. The number of benzene rings is 1. The highest BCUT2D eigenvalue weighted by atomic mass is 32.2. The maximum absolute atomic E-state index is 14.9. The van der Waals surface area contributed by atoms with Crippen molar-refractivity contribution in [3.63, 3.8) is 0 Å². The second kappa shape index (κ2) is 10.5. The number of rotatable bonds is 10. The summed E-state index contributed by atoms with van der Waals surface area (Å²) in [6.45, 7) is -1.90. The number of fused-ring (bicyclic) bond motifs is 1. The van der Waals surface area contributed by atoms with E-state index >= 15 is 0 Å². The molecular weight excluding hydrogens is 487 g/mol. The zero-order chi connectivity index (χ0) is 38.0. The van der Waals surface area contributed by atoms with Crippen molar-refractivity contribution in [2.75, 3.05) is 24.2 Å². The number of halogens is 1. The van der Waals surface area contributed by atoms with Crippen molar-refractivity contribution < 1.29 is 43.6 Å². The number of ether oxygens (including phenoxy) is 1. The molecule has 2 heterocycles. The van der Waals surface area contributed by atoms with Gasteiger partial charge in [0.05, 0.1) is 39.0 Å². The van der Waals surface area contributed by atoms with Gasteiger partial charge in [-0.1, -0.05) is 36.0 Å². The minimum atomic E-state index is -4.18. The van der Waals surface area contributed by atoms with Crippen LogP contribution in [0, 0.1) is 12.7 Å². The lowest BCUT2D eigenvalue weighted by atomic mass is 10.1. The molecule has 2 aromatic heterocycles. The second-order valence-electron chi connectivity index (χ2n) is 7.62. The molecular formula is C24H31FN6O4S. The average Bonchev–Trinajstić information content (AvgIpc) is 3.27. The van der Waals surface area contributed by atoms with Gasteiger partial charge in [0.25, 0.3) is 0 Å². The fraction of sp³-hybridized carbons (Fsp3) is 0.583. The first-order valence-electron chi connectivity index (χ1n) is 17.7. The number of aliphatic hydroxyl groups is 3. The SMILES string of the molecule is [2H]c1c([2H])c([C@@H]2C([2H])([2H])[C@@]2([2H])Nc2nc(SCCC)nc3c2nnn3[C@]2([2H])C([2H])([2H])[C@]([2H])(OC([2H])([2H])CO)[C@@]([2H])(O)[C@@]2([2H])O)c([2H])c(F)c1C. The lowest BCUT2D eigenvalue weighted by molar-refractivity contribution is -0.0629. The summed E-state index contributed by atoms with van der Waals surface area (Å²) in [5.41, 5.74) is -2.17. The molecule has 10 nitrogen and oxygen atoms in total. The molecule has 0 saturated heterocycles. The third-order valence-corrected chi connectivity index (χ3v) is 6.12. The maximum Gasteiger partial charge on any atom is 0.191 e. The highest BCUT2D eigenvalue weighted by Gasteiger charge is 2.45. The molecule has 36 heavy (non-hydrogen) atoms. The molecule has 3 aromatic rings. The molecule has 0 bridgehead atoms. The highest BCUT2D eigenvalue weighted by molar-refractivity contribution is 7.99. The molecule has 2 aliphatic carbocycles. The lowest BCUT2D eigenvalue weighted by Gasteiger charge is -2.17. The van der Waals surface area contributed by atoms with Crippen molar-refractivity contribution in [3.05, 3.63) is 35.1 Å². The normalized spacial score (nSPS) is 46.7. The van der Waals surface area contributed by atoms with Crippen LogP contribution in [-0.4, -0.2) is 83.5 Å². The molecule has 4 N–H and O–H groups in total. The van der Waals surface area contributed by atoms with Crippen molar-refractivity contribution in [1.82, 2.24) is 25.0 Å². The number of aliphatic hydroxyl groups excluding tert-OH is 1. The number of nitrogens with one attached hydrogen (secondary N) is 1. The number of thioether (sulfide) groups is 1. The van der Waals surface area contributed by atoms with Gasteiger partial charge < -0.3 is 25.4 Å². The molecule has 2 aliphatic rings. The van der Waals surface area contributed by atoms with E-state index < -0.39 is 109 Å². The van der Waals surface area contributed by atoms with Gasteiger partial charge >= 0.3 is 0 Å². The van der Waals surface area contributed by atoms with Crippen molar-refractivity contribution in [3.8, 4) is 0 Å². The molecule has 0 radical (unpaired) electrons. The van der Waals surface area contributed by atoms with Gasteiger partial charge in [-0.25, -0.2) is 19.0 Å². The Morgan fingerprint density at radius 2 is 2.19 bits per heavy atom. The van der Waals surface area contributed by atoms with E-state index in [9.17, 15) is 19.7 Å². The van der Waals surface area contributed by atoms with Crippen molar-refractivity contribution in [2.45, 2.75) is 74.4 Å². The summed E-state index contributed by atoms with van der Waals surface area (Å²) in [5, 5.41) is 41.3. The molecule has 0 spiro atoms. The summed E-state index contributed by atoms with van der Waals surface area (Å²) < 4.78 is 138. The lowest BCUT2D eigenvalue weighted by Crippen LogP contribution is -2.33. The van der Waals surface area contributed by atoms with Crippen LogP contribution in [-0.2, 0) is 4.74 Å². The monoisotopic (exact) mass is 532 g/mol. The van der Waals surface area contributed by atoms with Gasteiger partial charge in [0, 0.05) is 29.5 Å². The Bertz CT molecular complexity index is 1860. The topological polar surface area (TPSA) is 138 Å². The molecule has 5 rings (SSSR count). The summed E-state index contributed by atoms with van der Waals surface area (Å²) in [4.78, 5) is 8.43. The second-order valence-corrected chi connectivity index (χ2v) is 8.69. The Labute approximate surface area is 232 Å². The van der Waals surface area contributed by atoms with Crippen LogP contribution in [0.2, 0.25) is 0 Å². The van der Waals surface area contributed by atoms with Crippen molar-refractivity contribution >= 4 is 28.7 Å². The molecule has 12 heteroatoms. The standard InChI is InChI=1S/C24H31FN6O4S/c1-3-8-36-24-27-22(26-16-10-14(16)13-5-4-12(2)15(25)9-13)19-23(28-24)31(30-29-19)17-11-18(35-7-6-32)21(34)20(17)33/h4-5,9,14,16-18,20-21,32-34H,3,6-8,10-11H2,1-2H3,(H,26,27,28)/t14-,16+,17+,18-,20-,21+/m0/s1/i4D,5D,7D2,9D,10D2,11D2,16D,17D,18D,20D,21D. The first-order chi connectivity index (χ1) is 22.7. The molecule has 0 unspecified atom stereocenters. The van der Waals surface area contributed by atoms with Gasteiger partial charge in [0.1, 0.15) is 18.0 Å². The number of nitrogens with zero attached hydrogens (tertiary/aromatic N) is 5. The van der Waals surface area contributed by atoms with Crippen LogP contribution in [0.5, 0.6) is 0 Å². The number of hydrogen-bond donors (Lipinski definition) is 4. The van der Waals surface area contributed by atoms with Crippen LogP contribution in [0.1, 0.15) is 68.3 Å². The van der Waals surface area contributed by atoms with E-state index in [4.69, 9.17) is 23.9 Å². The molecule has 0 amide bonds. The largest absolute Gasteiger partial charge is 0.394 e. The number of aromatic nitrogens is 5. The predicted octanol–water partition coefficient (Wildman–Crippen LogP) is 2.18. The van der Waals surface area contributed by atoms with Gasteiger partial charge in [-0.3, -0.25) is 0 Å². The van der Waals surface area contributed by atoms with E-state index in [1.54, 1.807) is 6.92 Å². The Kier molecular flexibility index (Phi) is 3.93. The molecule has 6 atom stereocenters. The Morgan fingerprint density at radius 1 is 1.36 bits per heavy atom. The zero-order valence-electron chi connectivity index (χ0n) is 33.0. The minimum Gasteiger partial charge on any atom is -0.394 e. The minimum absolute atomic E-state index is 0.132. The summed E-state index contributed by atoms with van der Waals surface area (Å²) in [7, 11) is 0. The van der Waals surface area contributed by atoms with Gasteiger partial charge in [-0.05, 0) is 36.9 Å². The van der Waals surface area contributed by atoms with Gasteiger partial charge in [0.2, 0.25) is 0 Å². The third-order valence-electron chi connectivity index (χ3n) is 5.07. The van der Waals surface area contributed by atoms with E-state index in [2.05, 4.69) is 25.6 Å². The summed E-state index contributed by atoms with van der Waals surface area (Å²) in [6.07, 6.45) is -18.4. The van der Waals surface area contributed by atoms with E-state index in [1.165, 1.54) is 6.92 Å². The van der Waals surface area contributed by atoms with Gasteiger partial charge in [0.15, 0.2) is 22.1 Å². The van der Waals surface area contributed by atoms with E-state index in [0.717, 1.165) is 11.8 Å². The van der Waals surface area contributed by atoms with Crippen LogP contribution in [0.4, 0.5) is 10.2 Å². The Balaban J connectivity index is 1.72. The van der Waals surface area contributed by atoms with Crippen LogP contribution in [0.15, 0.2) is 23.3 Å². The van der Waals surface area contributed by atoms with E-state index in [1.807, 2.05) is 0 Å². The molecule has 0 aliphatic heterocycles. The fourth-order valence-electron chi connectivity index (χ4n) is 3.24. The van der Waals surface area contributed by atoms with Crippen LogP contribution >= 0.6 is 11.8 Å². The van der Waals surface area contributed by atoms with Gasteiger partial charge in [-0.2, -0.15) is 0 Å². The molecule has 2 fully saturated rings. The Morgan fingerprint density at radius 3 is 2.97 bits per heavy atom. The summed E-state index contributed by atoms with van der Waals surface area (Å²) in [6, 6.07) is -8.54. The molecule has 194 valence electrons. The average molecular weight is 533 g/mol. The molecule has 1 aromatic carbocycles. The van der Waals surface area contributed by atoms with E-state index in [-0.39, 0.29) is 15.4 Å². The first kappa shape index (κ1) is 13.4. The molecule has 2 saturated carbocycles. The predicted molar refractivity (Wildman–Crippen MR) is 133 cm³/mol. The quantitative estimate of drug-likeness (QED) is 0.227. The van der Waals surface area contributed by atoms with Crippen LogP contribution in [0.25, 0.3) is 11.2 Å². The van der Waals surface area contributed by atoms with E-state index in [0.29, 0.717) is 12.2 Å². The van der Waals surface area contributed by atoms with Gasteiger partial charge in [-0.15, -0.1) is 5.10 Å². The maximum atomic E-state index is 14.9. The number of anilines is 1. The third kappa shape index (κ3) is 4.92. The Hall–Kier alpha value is -2.38. The first-order valence-corrected chi connectivity index (χ1v) is 11.7. The summed E-state index contributed by atoms with van der Waals surface area (Å²) in [5.74, 6) is -3.09. The van der Waals surface area contributed by atoms with Crippen LogP contribution in [0.3, 0.4) is 0 Å². The number of hydrogen-bond acceptors (Lipinski definition) is 10. The van der Waals surface area contributed by atoms with Crippen molar-refractivity contribution in [2.24, 2.45) is 0 Å². The van der Waals surface area contributed by atoms with Crippen molar-refractivity contribution in [1.29, 1.82) is 0 Å². The highest BCUT2D eigenvalue weighted by Crippen LogP contribution is 2.44. The zero-order valence-corrected chi connectivity index (χ0v) is 19.8. The van der Waals surface area contributed by atoms with Crippen LogP contribution < -0.4 is 5.32 Å².